The summed E-state index contributed by atoms with van der Waals surface area (Å²) in [4.78, 5) is 42.4. The van der Waals surface area contributed by atoms with E-state index in [0.29, 0.717) is 32.2 Å². The lowest BCUT2D eigenvalue weighted by Crippen LogP contribution is -2.43. The summed E-state index contributed by atoms with van der Waals surface area (Å²) in [6.45, 7) is 0. The highest BCUT2D eigenvalue weighted by atomic mass is 35.5. The standard InChI is InChI=1S/C20H17Cl2N3O4S/c1-25-17(26)10-16(30-20(25)24-15-9-12(21)5-8-14(15)22)18(27)23-13-6-3-11(4-7-13)19(28)29-2/h3-9,16H,10H2,1-2H3,(H,23,27)/t16-/m0/s1. The minimum absolute atomic E-state index is 0.0234. The number of amides is 2. The van der Waals surface area contributed by atoms with Gasteiger partial charge in [0.2, 0.25) is 11.8 Å². The Hall–Kier alpha value is -2.55. The van der Waals surface area contributed by atoms with Gasteiger partial charge in [0.25, 0.3) is 0 Å². The third-order valence-electron chi connectivity index (χ3n) is 4.26. The lowest BCUT2D eigenvalue weighted by molar-refractivity contribution is -0.128. The first-order valence-corrected chi connectivity index (χ1v) is 10.4. The molecule has 0 aliphatic carbocycles. The number of ether oxygens (including phenoxy) is 1. The van der Waals surface area contributed by atoms with Crippen LogP contribution in [0.15, 0.2) is 47.5 Å². The van der Waals surface area contributed by atoms with Crippen molar-refractivity contribution in [3.05, 3.63) is 58.1 Å². The smallest absolute Gasteiger partial charge is 0.337 e. The fourth-order valence-electron chi connectivity index (χ4n) is 2.60. The zero-order chi connectivity index (χ0) is 21.8. The van der Waals surface area contributed by atoms with Crippen molar-refractivity contribution in [1.29, 1.82) is 0 Å². The number of anilines is 1. The van der Waals surface area contributed by atoms with Gasteiger partial charge in [-0.2, -0.15) is 0 Å². The van der Waals surface area contributed by atoms with E-state index in [1.807, 2.05) is 0 Å². The third-order valence-corrected chi connectivity index (χ3v) is 6.05. The zero-order valence-electron chi connectivity index (χ0n) is 16.0. The molecule has 0 bridgehead atoms. The molecule has 1 aliphatic rings. The van der Waals surface area contributed by atoms with Crippen LogP contribution in [0.2, 0.25) is 10.0 Å². The van der Waals surface area contributed by atoms with Gasteiger partial charge < -0.3 is 10.1 Å². The number of hydrogen-bond donors (Lipinski definition) is 1. The maximum Gasteiger partial charge on any atom is 0.337 e. The highest BCUT2D eigenvalue weighted by Gasteiger charge is 2.34. The number of nitrogens with one attached hydrogen (secondary N) is 1. The molecular formula is C20H17Cl2N3O4S. The quantitative estimate of drug-likeness (QED) is 0.677. The van der Waals surface area contributed by atoms with Crippen LogP contribution in [0.1, 0.15) is 16.8 Å². The molecule has 0 unspecified atom stereocenters. The molecule has 1 aliphatic heterocycles. The van der Waals surface area contributed by atoms with Crippen LogP contribution >= 0.6 is 35.0 Å². The minimum Gasteiger partial charge on any atom is -0.465 e. The van der Waals surface area contributed by atoms with Crippen LogP contribution < -0.4 is 5.32 Å². The van der Waals surface area contributed by atoms with Crippen molar-refractivity contribution >= 4 is 69.3 Å². The summed E-state index contributed by atoms with van der Waals surface area (Å²) < 4.78 is 4.65. The number of halogens is 2. The topological polar surface area (TPSA) is 88.1 Å². The predicted octanol–water partition coefficient (Wildman–Crippen LogP) is 4.37. The van der Waals surface area contributed by atoms with Crippen LogP contribution in [-0.2, 0) is 14.3 Å². The van der Waals surface area contributed by atoms with E-state index in [0.717, 1.165) is 11.8 Å². The van der Waals surface area contributed by atoms with Crippen molar-refractivity contribution in [2.75, 3.05) is 19.5 Å². The number of carbonyl (C=O) groups excluding carboxylic acids is 3. The van der Waals surface area contributed by atoms with Crippen LogP contribution in [0.3, 0.4) is 0 Å². The number of hydrogen-bond acceptors (Lipinski definition) is 6. The first-order chi connectivity index (χ1) is 14.3. The Balaban J connectivity index is 1.76. The Morgan fingerprint density at radius 3 is 2.57 bits per heavy atom. The number of esters is 1. The van der Waals surface area contributed by atoms with Crippen LogP contribution in [0.4, 0.5) is 11.4 Å². The van der Waals surface area contributed by atoms with Crippen molar-refractivity contribution in [3.8, 4) is 0 Å². The second kappa shape index (κ2) is 9.51. The van der Waals surface area contributed by atoms with Crippen LogP contribution in [0.5, 0.6) is 0 Å². The van der Waals surface area contributed by atoms with Crippen molar-refractivity contribution < 1.29 is 19.1 Å². The zero-order valence-corrected chi connectivity index (χ0v) is 18.3. The number of aliphatic imine (C=N–C) groups is 1. The minimum atomic E-state index is -0.675. The first kappa shape index (κ1) is 22.1. The van der Waals surface area contributed by atoms with E-state index in [1.54, 1.807) is 49.5 Å². The van der Waals surface area contributed by atoms with Crippen molar-refractivity contribution in [1.82, 2.24) is 4.90 Å². The summed E-state index contributed by atoms with van der Waals surface area (Å²) in [5.74, 6) is -1.06. The molecule has 0 saturated carbocycles. The van der Waals surface area contributed by atoms with E-state index < -0.39 is 11.2 Å². The summed E-state index contributed by atoms with van der Waals surface area (Å²) >= 11 is 13.3. The highest BCUT2D eigenvalue weighted by molar-refractivity contribution is 8.15. The second-order valence-electron chi connectivity index (χ2n) is 6.31. The van der Waals surface area contributed by atoms with Crippen LogP contribution in [-0.4, -0.2) is 47.3 Å². The van der Waals surface area contributed by atoms with Gasteiger partial charge in [0.05, 0.1) is 23.4 Å². The number of nitrogens with zero attached hydrogens (tertiary/aromatic N) is 2. The molecule has 10 heteroatoms. The molecule has 1 fully saturated rings. The summed E-state index contributed by atoms with van der Waals surface area (Å²) in [5, 5.41) is 3.26. The van der Waals surface area contributed by atoms with Crippen LogP contribution in [0.25, 0.3) is 0 Å². The summed E-state index contributed by atoms with van der Waals surface area (Å²) in [7, 11) is 2.88. The lowest BCUT2D eigenvalue weighted by Gasteiger charge is -2.29. The van der Waals surface area contributed by atoms with E-state index >= 15 is 0 Å². The molecule has 3 rings (SSSR count). The molecule has 1 N–H and O–H groups in total. The number of rotatable bonds is 4. The van der Waals surface area contributed by atoms with Gasteiger partial charge in [-0.25, -0.2) is 9.79 Å². The number of benzene rings is 2. The summed E-state index contributed by atoms with van der Waals surface area (Å²) in [6.07, 6.45) is 0.0234. The average molecular weight is 466 g/mol. The van der Waals surface area contributed by atoms with Crippen LogP contribution in [0, 0.1) is 0 Å². The molecule has 1 saturated heterocycles. The molecule has 0 aromatic heterocycles. The molecule has 2 aromatic rings. The first-order valence-electron chi connectivity index (χ1n) is 8.74. The van der Waals surface area contributed by atoms with Gasteiger partial charge >= 0.3 is 5.97 Å². The van der Waals surface area contributed by atoms with Gasteiger partial charge in [-0.05, 0) is 42.5 Å². The van der Waals surface area contributed by atoms with Crippen molar-refractivity contribution in [2.45, 2.75) is 11.7 Å². The molecule has 156 valence electrons. The number of carbonyl (C=O) groups is 3. The second-order valence-corrected chi connectivity index (χ2v) is 8.33. The van der Waals surface area contributed by atoms with Gasteiger partial charge in [-0.3, -0.25) is 14.5 Å². The largest absolute Gasteiger partial charge is 0.465 e. The van der Waals surface area contributed by atoms with Gasteiger partial charge in [0, 0.05) is 24.2 Å². The molecule has 2 aromatic carbocycles. The third kappa shape index (κ3) is 5.13. The fraction of sp³-hybridized carbons (Fsp3) is 0.200. The van der Waals surface area contributed by atoms with E-state index in [1.165, 1.54) is 12.0 Å². The SMILES string of the molecule is COC(=O)c1ccc(NC(=O)[C@@H]2CC(=O)N(C)C(=Nc3cc(Cl)ccc3Cl)S2)cc1. The number of amidine groups is 1. The molecule has 7 nitrogen and oxygen atoms in total. The monoisotopic (exact) mass is 465 g/mol. The number of thioether (sulfide) groups is 1. The lowest BCUT2D eigenvalue weighted by atomic mass is 10.2. The van der Waals surface area contributed by atoms with Gasteiger partial charge in [-0.1, -0.05) is 35.0 Å². The Kier molecular flexibility index (Phi) is 7.02. The molecule has 1 heterocycles. The van der Waals surface area contributed by atoms with Gasteiger partial charge in [0.15, 0.2) is 5.17 Å². The van der Waals surface area contributed by atoms with E-state index in [2.05, 4.69) is 15.0 Å². The van der Waals surface area contributed by atoms with E-state index in [4.69, 9.17) is 23.2 Å². The maximum atomic E-state index is 12.7. The molecule has 0 radical (unpaired) electrons. The van der Waals surface area contributed by atoms with Gasteiger partial charge in [0.1, 0.15) is 5.25 Å². The summed E-state index contributed by atoms with van der Waals surface area (Å²) in [6, 6.07) is 11.1. The summed E-state index contributed by atoms with van der Waals surface area (Å²) in [5.41, 5.74) is 1.27. The van der Waals surface area contributed by atoms with E-state index in [-0.39, 0.29) is 18.2 Å². The predicted molar refractivity (Wildman–Crippen MR) is 119 cm³/mol. The van der Waals surface area contributed by atoms with E-state index in [9.17, 15) is 14.4 Å². The Labute approximate surface area is 187 Å². The van der Waals surface area contributed by atoms with Crippen molar-refractivity contribution in [3.63, 3.8) is 0 Å². The molecule has 2 amide bonds. The molecule has 30 heavy (non-hydrogen) atoms. The fourth-order valence-corrected chi connectivity index (χ4v) is 3.99. The Morgan fingerprint density at radius 2 is 1.90 bits per heavy atom. The normalized spacial score (nSPS) is 17.7. The molecule has 1 atom stereocenters. The van der Waals surface area contributed by atoms with Crippen molar-refractivity contribution in [2.24, 2.45) is 4.99 Å². The van der Waals surface area contributed by atoms with Gasteiger partial charge in [-0.15, -0.1) is 0 Å². The Bertz CT molecular complexity index is 1030. The average Bonchev–Trinajstić information content (AvgIpc) is 2.73. The number of methoxy groups -OCH3 is 1. The molecular weight excluding hydrogens is 449 g/mol. The highest BCUT2D eigenvalue weighted by Crippen LogP contribution is 2.33. The Morgan fingerprint density at radius 1 is 1.20 bits per heavy atom. The molecule has 0 spiro atoms. The maximum absolute atomic E-state index is 12.7.